The number of aliphatic hydroxyl groups is 1. The number of hydrogen-bond donors (Lipinski definition) is 2. The number of nitrogens with zero attached hydrogens (tertiary/aromatic N) is 2. The van der Waals surface area contributed by atoms with E-state index >= 15 is 0 Å². The maximum absolute atomic E-state index is 12.5. The number of urea groups is 1. The summed E-state index contributed by atoms with van der Waals surface area (Å²) in [4.78, 5) is 16.6. The fourth-order valence-corrected chi connectivity index (χ4v) is 3.50. The zero-order valence-electron chi connectivity index (χ0n) is 15.1. The first-order valence-electron chi connectivity index (χ1n) is 9.06. The monoisotopic (exact) mass is 343 g/mol. The molecule has 24 heavy (non-hydrogen) atoms. The fourth-order valence-electron chi connectivity index (χ4n) is 3.50. The molecule has 2 fully saturated rings. The van der Waals surface area contributed by atoms with Gasteiger partial charge >= 0.3 is 6.03 Å². The van der Waals surface area contributed by atoms with Gasteiger partial charge in [-0.15, -0.1) is 0 Å². The maximum atomic E-state index is 12.5. The predicted molar refractivity (Wildman–Crippen MR) is 92.1 cm³/mol. The second kappa shape index (κ2) is 9.56. The third-order valence-electron chi connectivity index (χ3n) is 5.13. The van der Waals surface area contributed by atoms with Gasteiger partial charge in [-0.2, -0.15) is 0 Å². The molecule has 1 atom stereocenters. The summed E-state index contributed by atoms with van der Waals surface area (Å²) in [6.45, 7) is 4.98. The minimum atomic E-state index is -0.684. The SMILES string of the molecule is COCCN(C)CC1CCCN1C(=O)NCCC1(O)CCOCC1. The molecule has 0 aromatic heterocycles. The molecule has 2 heterocycles. The van der Waals surface area contributed by atoms with Crippen LogP contribution >= 0.6 is 0 Å². The van der Waals surface area contributed by atoms with Crippen LogP contribution in [0.5, 0.6) is 0 Å². The summed E-state index contributed by atoms with van der Waals surface area (Å²) in [5.41, 5.74) is -0.684. The molecule has 1 unspecified atom stereocenters. The molecule has 7 heteroatoms. The van der Waals surface area contributed by atoms with Crippen LogP contribution in [0.2, 0.25) is 0 Å². The van der Waals surface area contributed by atoms with E-state index in [0.717, 1.165) is 32.5 Å². The molecule has 2 aliphatic rings. The Kier molecular flexibility index (Phi) is 7.74. The summed E-state index contributed by atoms with van der Waals surface area (Å²) in [5.74, 6) is 0. The van der Waals surface area contributed by atoms with Gasteiger partial charge in [0.05, 0.1) is 12.2 Å². The molecule has 0 saturated carbocycles. The number of hydrogen-bond acceptors (Lipinski definition) is 5. The van der Waals surface area contributed by atoms with Gasteiger partial charge in [0, 0.05) is 52.5 Å². The number of likely N-dealkylation sites (N-methyl/N-ethyl adjacent to an activating group) is 1. The van der Waals surface area contributed by atoms with Crippen LogP contribution in [0.3, 0.4) is 0 Å². The Balaban J connectivity index is 1.72. The summed E-state index contributed by atoms with van der Waals surface area (Å²) in [5, 5.41) is 13.4. The van der Waals surface area contributed by atoms with E-state index in [4.69, 9.17) is 9.47 Å². The number of methoxy groups -OCH3 is 1. The number of amides is 2. The highest BCUT2D eigenvalue weighted by molar-refractivity contribution is 5.74. The van der Waals surface area contributed by atoms with E-state index in [1.165, 1.54) is 0 Å². The standard InChI is InChI=1S/C17H33N3O4/c1-19(10-13-23-2)14-15-4-3-9-20(15)16(21)18-8-5-17(22)6-11-24-12-7-17/h15,22H,3-14H2,1-2H3,(H,18,21). The number of rotatable bonds is 8. The van der Waals surface area contributed by atoms with Crippen molar-refractivity contribution in [3.8, 4) is 0 Å². The first kappa shape index (κ1) is 19.4. The summed E-state index contributed by atoms with van der Waals surface area (Å²) in [6.07, 6.45) is 4.00. The molecule has 7 nitrogen and oxygen atoms in total. The highest BCUT2D eigenvalue weighted by Gasteiger charge is 2.31. The minimum Gasteiger partial charge on any atom is -0.390 e. The van der Waals surface area contributed by atoms with Crippen LogP contribution in [0, 0.1) is 0 Å². The van der Waals surface area contributed by atoms with Gasteiger partial charge in [0.2, 0.25) is 0 Å². The van der Waals surface area contributed by atoms with Crippen LogP contribution in [-0.2, 0) is 9.47 Å². The zero-order chi connectivity index (χ0) is 17.4. The zero-order valence-corrected chi connectivity index (χ0v) is 15.1. The molecular weight excluding hydrogens is 310 g/mol. The average molecular weight is 343 g/mol. The Bertz CT molecular complexity index is 388. The summed E-state index contributed by atoms with van der Waals surface area (Å²) < 4.78 is 10.4. The third-order valence-corrected chi connectivity index (χ3v) is 5.13. The fraction of sp³-hybridized carbons (Fsp3) is 0.941. The van der Waals surface area contributed by atoms with Crippen molar-refractivity contribution in [1.29, 1.82) is 0 Å². The molecule has 0 aromatic rings. The molecule has 0 aliphatic carbocycles. The molecule has 0 spiro atoms. The van der Waals surface area contributed by atoms with Crippen molar-refractivity contribution in [1.82, 2.24) is 15.1 Å². The average Bonchev–Trinajstić information content (AvgIpc) is 3.01. The number of carbonyl (C=O) groups is 1. The lowest BCUT2D eigenvalue weighted by Gasteiger charge is -2.33. The van der Waals surface area contributed by atoms with Gasteiger partial charge in [-0.05, 0) is 39.2 Å². The van der Waals surface area contributed by atoms with Crippen molar-refractivity contribution < 1.29 is 19.4 Å². The van der Waals surface area contributed by atoms with Crippen LogP contribution in [0.1, 0.15) is 32.1 Å². The topological polar surface area (TPSA) is 74.3 Å². The van der Waals surface area contributed by atoms with Crippen LogP contribution in [0.25, 0.3) is 0 Å². The van der Waals surface area contributed by atoms with Crippen molar-refractivity contribution in [3.63, 3.8) is 0 Å². The van der Waals surface area contributed by atoms with Gasteiger partial charge in [0.25, 0.3) is 0 Å². The summed E-state index contributed by atoms with van der Waals surface area (Å²) in [7, 11) is 3.77. The van der Waals surface area contributed by atoms with Crippen molar-refractivity contribution in [2.24, 2.45) is 0 Å². The molecule has 0 radical (unpaired) electrons. The number of nitrogens with one attached hydrogen (secondary N) is 1. The highest BCUT2D eigenvalue weighted by atomic mass is 16.5. The summed E-state index contributed by atoms with van der Waals surface area (Å²) in [6, 6.07) is 0.256. The minimum absolute atomic E-state index is 0.00620. The van der Waals surface area contributed by atoms with E-state index in [9.17, 15) is 9.90 Å². The maximum Gasteiger partial charge on any atom is 0.317 e. The van der Waals surface area contributed by atoms with Crippen molar-refractivity contribution in [2.45, 2.75) is 43.7 Å². The van der Waals surface area contributed by atoms with E-state index in [-0.39, 0.29) is 12.1 Å². The smallest absolute Gasteiger partial charge is 0.317 e. The second-order valence-electron chi connectivity index (χ2n) is 7.06. The van der Waals surface area contributed by atoms with Crippen LogP contribution in [0.4, 0.5) is 4.79 Å². The molecule has 2 rings (SSSR count). The number of likely N-dealkylation sites (tertiary alicyclic amines) is 1. The van der Waals surface area contributed by atoms with Crippen LogP contribution < -0.4 is 5.32 Å². The largest absolute Gasteiger partial charge is 0.390 e. The van der Waals surface area contributed by atoms with Gasteiger partial charge in [-0.3, -0.25) is 0 Å². The molecule has 2 amide bonds. The second-order valence-corrected chi connectivity index (χ2v) is 7.06. The van der Waals surface area contributed by atoms with Crippen LogP contribution in [0.15, 0.2) is 0 Å². The van der Waals surface area contributed by atoms with Gasteiger partial charge in [-0.25, -0.2) is 4.79 Å². The molecular formula is C17H33N3O4. The van der Waals surface area contributed by atoms with E-state index in [1.54, 1.807) is 7.11 Å². The van der Waals surface area contributed by atoms with E-state index in [0.29, 0.717) is 45.6 Å². The van der Waals surface area contributed by atoms with Crippen molar-refractivity contribution in [3.05, 3.63) is 0 Å². The van der Waals surface area contributed by atoms with E-state index < -0.39 is 5.60 Å². The predicted octanol–water partition coefficient (Wildman–Crippen LogP) is 0.670. The lowest BCUT2D eigenvalue weighted by Crippen LogP contribution is -2.48. The molecule has 2 saturated heterocycles. The van der Waals surface area contributed by atoms with Gasteiger partial charge < -0.3 is 29.7 Å². The molecule has 2 aliphatic heterocycles. The number of ether oxygens (including phenoxy) is 2. The Hall–Kier alpha value is -0.890. The quantitative estimate of drug-likeness (QED) is 0.678. The van der Waals surface area contributed by atoms with Crippen LogP contribution in [-0.4, -0.2) is 92.7 Å². The van der Waals surface area contributed by atoms with Crippen molar-refractivity contribution in [2.75, 3.05) is 60.2 Å². The highest BCUT2D eigenvalue weighted by Crippen LogP contribution is 2.23. The lowest BCUT2D eigenvalue weighted by molar-refractivity contribution is -0.0670. The third kappa shape index (κ3) is 5.88. The molecule has 2 N–H and O–H groups in total. The van der Waals surface area contributed by atoms with Crippen molar-refractivity contribution >= 4 is 6.03 Å². The Morgan fingerprint density at radius 1 is 1.46 bits per heavy atom. The Morgan fingerprint density at radius 3 is 2.92 bits per heavy atom. The van der Waals surface area contributed by atoms with Gasteiger partial charge in [-0.1, -0.05) is 0 Å². The first-order valence-corrected chi connectivity index (χ1v) is 9.06. The normalized spacial score (nSPS) is 23.7. The Morgan fingerprint density at radius 2 is 2.21 bits per heavy atom. The number of carbonyl (C=O) groups excluding carboxylic acids is 1. The molecule has 0 bridgehead atoms. The van der Waals surface area contributed by atoms with Gasteiger partial charge in [0.15, 0.2) is 0 Å². The van der Waals surface area contributed by atoms with Gasteiger partial charge in [0.1, 0.15) is 0 Å². The molecule has 0 aromatic carbocycles. The lowest BCUT2D eigenvalue weighted by atomic mass is 9.91. The summed E-state index contributed by atoms with van der Waals surface area (Å²) >= 11 is 0. The van der Waals surface area contributed by atoms with E-state index in [2.05, 4.69) is 17.3 Å². The Labute approximate surface area is 145 Å². The first-order chi connectivity index (χ1) is 11.5. The molecule has 140 valence electrons. The van der Waals surface area contributed by atoms with E-state index in [1.807, 2.05) is 4.90 Å².